The molecule has 2 nitrogen and oxygen atoms in total. The first-order chi connectivity index (χ1) is 8.49. The molecule has 0 bridgehead atoms. The van der Waals surface area contributed by atoms with E-state index < -0.39 is 0 Å². The van der Waals surface area contributed by atoms with Gasteiger partial charge in [0.1, 0.15) is 10.8 Å². The maximum Gasteiger partial charge on any atom is 0.126 e. The summed E-state index contributed by atoms with van der Waals surface area (Å²) in [5, 5.41) is 2.84. The van der Waals surface area contributed by atoms with Gasteiger partial charge in [-0.1, -0.05) is 26.0 Å². The van der Waals surface area contributed by atoms with Gasteiger partial charge in [-0.05, 0) is 24.5 Å². The monoisotopic (exact) mass is 264 g/mol. The summed E-state index contributed by atoms with van der Waals surface area (Å²) < 4.78 is 13.5. The molecule has 4 heteroatoms. The Morgan fingerprint density at radius 1 is 1.33 bits per heavy atom. The van der Waals surface area contributed by atoms with Crippen LogP contribution in [0.4, 0.5) is 4.39 Å². The molecule has 0 aliphatic heterocycles. The summed E-state index contributed by atoms with van der Waals surface area (Å²) in [7, 11) is 0. The van der Waals surface area contributed by atoms with E-state index in [1.54, 1.807) is 13.0 Å². The number of hydrogen-bond donors (Lipinski definition) is 1. The van der Waals surface area contributed by atoms with Crippen molar-refractivity contribution in [3.8, 4) is 11.3 Å². The summed E-state index contributed by atoms with van der Waals surface area (Å²) in [5.41, 5.74) is 8.30. The second-order valence-corrected chi connectivity index (χ2v) is 5.69. The minimum Gasteiger partial charge on any atom is -0.322 e. The molecule has 2 rings (SSSR count). The zero-order chi connectivity index (χ0) is 13.3. The van der Waals surface area contributed by atoms with Crippen LogP contribution in [0.25, 0.3) is 11.3 Å². The Hall–Kier alpha value is -1.26. The van der Waals surface area contributed by atoms with Gasteiger partial charge in [0.15, 0.2) is 0 Å². The van der Waals surface area contributed by atoms with Crippen LogP contribution in [-0.2, 0) is 0 Å². The Morgan fingerprint density at radius 3 is 2.67 bits per heavy atom. The predicted octanol–water partition coefficient (Wildman–Crippen LogP) is 3.91. The van der Waals surface area contributed by atoms with Crippen molar-refractivity contribution >= 4 is 11.3 Å². The molecular formula is C14H17FN2S. The molecular weight excluding hydrogens is 247 g/mol. The molecule has 96 valence electrons. The molecule has 0 amide bonds. The third-order valence-electron chi connectivity index (χ3n) is 2.99. The van der Waals surface area contributed by atoms with Crippen molar-refractivity contribution in [2.75, 3.05) is 0 Å². The Labute approximate surface area is 111 Å². The SMILES string of the molecule is Cc1ccc(-c2csc(C(N)C(C)C)n2)cc1F. The zero-order valence-electron chi connectivity index (χ0n) is 10.8. The standard InChI is InChI=1S/C14H17FN2S/c1-8(2)13(16)14-17-12(7-18-14)10-5-4-9(3)11(15)6-10/h4-8,13H,16H2,1-3H3. The fourth-order valence-corrected chi connectivity index (χ4v) is 2.61. The van der Waals surface area contributed by atoms with Gasteiger partial charge in [-0.25, -0.2) is 9.37 Å². The van der Waals surface area contributed by atoms with E-state index in [2.05, 4.69) is 18.8 Å². The van der Waals surface area contributed by atoms with E-state index in [0.717, 1.165) is 16.3 Å². The summed E-state index contributed by atoms with van der Waals surface area (Å²) in [5.74, 6) is 0.147. The van der Waals surface area contributed by atoms with Gasteiger partial charge in [0.2, 0.25) is 0 Å². The third kappa shape index (κ3) is 2.60. The van der Waals surface area contributed by atoms with Crippen molar-refractivity contribution in [2.24, 2.45) is 11.7 Å². The van der Waals surface area contributed by atoms with Crippen LogP contribution < -0.4 is 5.73 Å². The average molecular weight is 264 g/mol. The van der Waals surface area contributed by atoms with Crippen LogP contribution in [0.5, 0.6) is 0 Å². The molecule has 2 aromatic rings. The van der Waals surface area contributed by atoms with Crippen molar-refractivity contribution in [2.45, 2.75) is 26.8 Å². The van der Waals surface area contributed by atoms with Crippen LogP contribution in [0, 0.1) is 18.7 Å². The Kier molecular flexibility index (Phi) is 3.78. The molecule has 0 fully saturated rings. The van der Waals surface area contributed by atoms with Gasteiger partial charge in [0, 0.05) is 10.9 Å². The Balaban J connectivity index is 2.32. The topological polar surface area (TPSA) is 38.9 Å². The highest BCUT2D eigenvalue weighted by Gasteiger charge is 2.15. The van der Waals surface area contributed by atoms with Gasteiger partial charge < -0.3 is 5.73 Å². The third-order valence-corrected chi connectivity index (χ3v) is 3.94. The fraction of sp³-hybridized carbons (Fsp3) is 0.357. The van der Waals surface area contributed by atoms with E-state index in [-0.39, 0.29) is 11.9 Å². The van der Waals surface area contributed by atoms with E-state index in [9.17, 15) is 4.39 Å². The number of halogens is 1. The lowest BCUT2D eigenvalue weighted by Gasteiger charge is -2.11. The highest BCUT2D eigenvalue weighted by atomic mass is 32.1. The number of benzene rings is 1. The molecule has 0 aliphatic carbocycles. The van der Waals surface area contributed by atoms with Crippen molar-refractivity contribution in [3.05, 3.63) is 40.0 Å². The minimum atomic E-state index is -0.199. The minimum absolute atomic E-state index is 0.0564. The first-order valence-electron chi connectivity index (χ1n) is 5.96. The van der Waals surface area contributed by atoms with Crippen LogP contribution in [0.3, 0.4) is 0 Å². The van der Waals surface area contributed by atoms with Gasteiger partial charge >= 0.3 is 0 Å². The molecule has 0 aliphatic rings. The van der Waals surface area contributed by atoms with Crippen molar-refractivity contribution in [3.63, 3.8) is 0 Å². The Morgan fingerprint density at radius 2 is 2.06 bits per heavy atom. The number of nitrogens with zero attached hydrogens (tertiary/aromatic N) is 1. The largest absolute Gasteiger partial charge is 0.322 e. The van der Waals surface area contributed by atoms with Crippen LogP contribution in [0.15, 0.2) is 23.6 Å². The highest BCUT2D eigenvalue weighted by molar-refractivity contribution is 7.10. The maximum atomic E-state index is 13.5. The lowest BCUT2D eigenvalue weighted by molar-refractivity contribution is 0.512. The van der Waals surface area contributed by atoms with Crippen molar-refractivity contribution < 1.29 is 4.39 Å². The van der Waals surface area contributed by atoms with E-state index >= 15 is 0 Å². The molecule has 18 heavy (non-hydrogen) atoms. The van der Waals surface area contributed by atoms with E-state index in [1.807, 2.05) is 11.4 Å². The van der Waals surface area contributed by atoms with Gasteiger partial charge in [0.25, 0.3) is 0 Å². The number of nitrogens with two attached hydrogens (primary N) is 1. The van der Waals surface area contributed by atoms with Crippen molar-refractivity contribution in [1.29, 1.82) is 0 Å². The summed E-state index contributed by atoms with van der Waals surface area (Å²) in [6, 6.07) is 5.12. The molecule has 0 radical (unpaired) electrons. The van der Waals surface area contributed by atoms with Crippen LogP contribution >= 0.6 is 11.3 Å². The normalized spacial score (nSPS) is 13.0. The number of thiazole rings is 1. The van der Waals surface area contributed by atoms with Crippen LogP contribution in [0.1, 0.15) is 30.5 Å². The van der Waals surface area contributed by atoms with Gasteiger partial charge in [-0.3, -0.25) is 0 Å². The molecule has 0 saturated heterocycles. The summed E-state index contributed by atoms with van der Waals surface area (Å²) in [6.07, 6.45) is 0. The van der Waals surface area contributed by atoms with Crippen LogP contribution in [0.2, 0.25) is 0 Å². The summed E-state index contributed by atoms with van der Waals surface area (Å²) in [6.45, 7) is 5.88. The first kappa shape index (κ1) is 13.2. The molecule has 1 atom stereocenters. The van der Waals surface area contributed by atoms with E-state index in [1.165, 1.54) is 17.4 Å². The Bertz CT molecular complexity index is 548. The zero-order valence-corrected chi connectivity index (χ0v) is 11.6. The van der Waals surface area contributed by atoms with Crippen LogP contribution in [-0.4, -0.2) is 4.98 Å². The number of aryl methyl sites for hydroxylation is 1. The number of hydrogen-bond acceptors (Lipinski definition) is 3. The number of rotatable bonds is 3. The van der Waals surface area contributed by atoms with Gasteiger partial charge in [0.05, 0.1) is 11.7 Å². The second-order valence-electron chi connectivity index (χ2n) is 4.80. The molecule has 1 unspecified atom stereocenters. The predicted molar refractivity (Wildman–Crippen MR) is 74.0 cm³/mol. The molecule has 2 N–H and O–H groups in total. The highest BCUT2D eigenvalue weighted by Crippen LogP contribution is 2.28. The van der Waals surface area contributed by atoms with E-state index in [0.29, 0.717) is 11.5 Å². The maximum absolute atomic E-state index is 13.5. The summed E-state index contributed by atoms with van der Waals surface area (Å²) >= 11 is 1.53. The first-order valence-corrected chi connectivity index (χ1v) is 6.84. The molecule has 0 spiro atoms. The second kappa shape index (κ2) is 5.16. The number of aromatic nitrogens is 1. The molecule has 1 heterocycles. The lowest BCUT2D eigenvalue weighted by atomic mass is 10.1. The molecule has 1 aromatic carbocycles. The van der Waals surface area contributed by atoms with E-state index in [4.69, 9.17) is 5.73 Å². The molecule has 0 saturated carbocycles. The fourth-order valence-electron chi connectivity index (χ4n) is 1.61. The quantitative estimate of drug-likeness (QED) is 0.912. The van der Waals surface area contributed by atoms with Gasteiger partial charge in [-0.2, -0.15) is 0 Å². The lowest BCUT2D eigenvalue weighted by Crippen LogP contribution is -2.16. The average Bonchev–Trinajstić information content (AvgIpc) is 2.81. The van der Waals surface area contributed by atoms with Gasteiger partial charge in [-0.15, -0.1) is 11.3 Å². The summed E-state index contributed by atoms with van der Waals surface area (Å²) in [4.78, 5) is 4.50. The molecule has 1 aromatic heterocycles. The smallest absolute Gasteiger partial charge is 0.126 e. The van der Waals surface area contributed by atoms with Crippen molar-refractivity contribution in [1.82, 2.24) is 4.98 Å².